The molecule has 0 unspecified atom stereocenters. The number of halogens is 1. The molecule has 0 amide bonds. The van der Waals surface area contributed by atoms with Gasteiger partial charge in [0.25, 0.3) is 0 Å². The van der Waals surface area contributed by atoms with Crippen molar-refractivity contribution >= 4 is 11.5 Å². The van der Waals surface area contributed by atoms with Crippen LogP contribution >= 0.6 is 0 Å². The predicted molar refractivity (Wildman–Crippen MR) is 72.0 cm³/mol. The summed E-state index contributed by atoms with van der Waals surface area (Å²) in [4.78, 5) is 2.23. The van der Waals surface area contributed by atoms with Gasteiger partial charge in [0.1, 0.15) is 5.82 Å². The summed E-state index contributed by atoms with van der Waals surface area (Å²) in [5.41, 5.74) is 6.61. The van der Waals surface area contributed by atoms with Gasteiger partial charge < -0.3 is 15.8 Å². The summed E-state index contributed by atoms with van der Waals surface area (Å²) in [5.74, 6) is 0.118. The molecule has 2 aliphatic rings. The van der Waals surface area contributed by atoms with Gasteiger partial charge in [0, 0.05) is 12.6 Å². The standard InChI is InChI=1S/C14H18FN3O/c15-11-2-1-3-12(13(11)14(16)17-19)18(10-6-7-10)8-9-4-5-9/h1-3,9-10,19H,4-8H2,(H2,16,17). The van der Waals surface area contributed by atoms with Crippen LogP contribution in [-0.4, -0.2) is 23.6 Å². The summed E-state index contributed by atoms with van der Waals surface area (Å²) in [7, 11) is 0. The van der Waals surface area contributed by atoms with Gasteiger partial charge in [-0.2, -0.15) is 0 Å². The molecule has 102 valence electrons. The quantitative estimate of drug-likeness (QED) is 0.371. The Balaban J connectivity index is 1.98. The molecular formula is C14H18FN3O. The van der Waals surface area contributed by atoms with Gasteiger partial charge in [0.05, 0.1) is 11.3 Å². The number of hydrogen-bond acceptors (Lipinski definition) is 3. The maximum absolute atomic E-state index is 14.0. The Hall–Kier alpha value is -1.78. The Labute approximate surface area is 111 Å². The van der Waals surface area contributed by atoms with E-state index in [1.807, 2.05) is 6.07 Å². The molecule has 0 atom stereocenters. The number of hydrogen-bond donors (Lipinski definition) is 2. The van der Waals surface area contributed by atoms with E-state index in [9.17, 15) is 4.39 Å². The Morgan fingerprint density at radius 3 is 2.68 bits per heavy atom. The van der Waals surface area contributed by atoms with Crippen LogP contribution in [0.25, 0.3) is 0 Å². The van der Waals surface area contributed by atoms with Gasteiger partial charge in [0.15, 0.2) is 5.84 Å². The number of nitrogens with zero attached hydrogens (tertiary/aromatic N) is 2. The van der Waals surface area contributed by atoms with E-state index < -0.39 is 5.82 Å². The first-order valence-electron chi connectivity index (χ1n) is 6.73. The van der Waals surface area contributed by atoms with Gasteiger partial charge in [-0.15, -0.1) is 0 Å². The van der Waals surface area contributed by atoms with Crippen LogP contribution in [0.4, 0.5) is 10.1 Å². The molecule has 19 heavy (non-hydrogen) atoms. The summed E-state index contributed by atoms with van der Waals surface area (Å²) in [6, 6.07) is 5.37. The van der Waals surface area contributed by atoms with Crippen molar-refractivity contribution in [1.29, 1.82) is 0 Å². The molecule has 5 heteroatoms. The minimum atomic E-state index is -0.436. The summed E-state index contributed by atoms with van der Waals surface area (Å²) >= 11 is 0. The van der Waals surface area contributed by atoms with Gasteiger partial charge in [-0.1, -0.05) is 11.2 Å². The highest BCUT2D eigenvalue weighted by Gasteiger charge is 2.35. The van der Waals surface area contributed by atoms with E-state index in [0.29, 0.717) is 12.0 Å². The molecular weight excluding hydrogens is 245 g/mol. The van der Waals surface area contributed by atoms with Crippen molar-refractivity contribution in [2.45, 2.75) is 31.7 Å². The van der Waals surface area contributed by atoms with Gasteiger partial charge in [0.2, 0.25) is 0 Å². The molecule has 3 rings (SSSR count). The summed E-state index contributed by atoms with van der Waals surface area (Å²) in [5, 5.41) is 11.8. The largest absolute Gasteiger partial charge is 0.409 e. The van der Waals surface area contributed by atoms with Crippen LogP contribution in [0.15, 0.2) is 23.4 Å². The molecule has 0 spiro atoms. The second-order valence-electron chi connectivity index (χ2n) is 5.45. The molecule has 2 fully saturated rings. The van der Waals surface area contributed by atoms with Crippen LogP contribution < -0.4 is 10.6 Å². The Bertz CT molecular complexity index is 509. The van der Waals surface area contributed by atoms with Gasteiger partial charge in [-0.3, -0.25) is 0 Å². The number of nitrogens with two attached hydrogens (primary N) is 1. The summed E-state index contributed by atoms with van der Waals surface area (Å²) in [6.07, 6.45) is 4.77. The molecule has 0 heterocycles. The van der Waals surface area contributed by atoms with Crippen molar-refractivity contribution in [1.82, 2.24) is 0 Å². The van der Waals surface area contributed by atoms with Crippen molar-refractivity contribution in [3.63, 3.8) is 0 Å². The fourth-order valence-electron chi connectivity index (χ4n) is 2.46. The highest BCUT2D eigenvalue weighted by Crippen LogP contribution is 2.39. The molecule has 1 aromatic rings. The van der Waals surface area contributed by atoms with Crippen LogP contribution in [-0.2, 0) is 0 Å². The molecule has 0 bridgehead atoms. The molecule has 3 N–H and O–H groups in total. The fourth-order valence-corrected chi connectivity index (χ4v) is 2.46. The van der Waals surface area contributed by atoms with Crippen molar-refractivity contribution in [2.24, 2.45) is 16.8 Å². The molecule has 0 radical (unpaired) electrons. The summed E-state index contributed by atoms with van der Waals surface area (Å²) < 4.78 is 14.0. The van der Waals surface area contributed by atoms with Crippen molar-refractivity contribution in [3.05, 3.63) is 29.6 Å². The second kappa shape index (κ2) is 4.72. The van der Waals surface area contributed by atoms with Crippen molar-refractivity contribution < 1.29 is 9.60 Å². The number of anilines is 1. The van der Waals surface area contributed by atoms with Gasteiger partial charge >= 0.3 is 0 Å². The number of benzene rings is 1. The molecule has 4 nitrogen and oxygen atoms in total. The number of amidine groups is 1. The molecule has 1 aromatic carbocycles. The van der Waals surface area contributed by atoms with E-state index in [-0.39, 0.29) is 11.4 Å². The lowest BCUT2D eigenvalue weighted by Gasteiger charge is -2.27. The summed E-state index contributed by atoms with van der Waals surface area (Å²) in [6.45, 7) is 0.944. The first kappa shape index (κ1) is 12.3. The molecule has 0 saturated heterocycles. The Kier molecular flexibility index (Phi) is 3.05. The van der Waals surface area contributed by atoms with Crippen LogP contribution in [0.3, 0.4) is 0 Å². The zero-order valence-corrected chi connectivity index (χ0v) is 10.7. The molecule has 0 aromatic heterocycles. The zero-order valence-electron chi connectivity index (χ0n) is 10.7. The third-order valence-electron chi connectivity index (χ3n) is 3.80. The normalized spacial score (nSPS) is 19.5. The number of oxime groups is 1. The third kappa shape index (κ3) is 2.50. The van der Waals surface area contributed by atoms with E-state index in [2.05, 4.69) is 10.1 Å². The van der Waals surface area contributed by atoms with Crippen LogP contribution in [0.5, 0.6) is 0 Å². The first-order valence-corrected chi connectivity index (χ1v) is 6.73. The van der Waals surface area contributed by atoms with Crippen LogP contribution in [0.2, 0.25) is 0 Å². The maximum Gasteiger partial charge on any atom is 0.175 e. The van der Waals surface area contributed by atoms with Crippen LogP contribution in [0, 0.1) is 11.7 Å². The van der Waals surface area contributed by atoms with E-state index in [4.69, 9.17) is 10.9 Å². The monoisotopic (exact) mass is 263 g/mol. The van der Waals surface area contributed by atoms with Gasteiger partial charge in [-0.05, 0) is 43.7 Å². The average molecular weight is 263 g/mol. The number of rotatable bonds is 5. The lowest BCUT2D eigenvalue weighted by molar-refractivity contribution is 0.318. The highest BCUT2D eigenvalue weighted by atomic mass is 19.1. The Morgan fingerprint density at radius 1 is 1.37 bits per heavy atom. The van der Waals surface area contributed by atoms with E-state index in [1.165, 1.54) is 18.9 Å². The maximum atomic E-state index is 14.0. The van der Waals surface area contributed by atoms with Gasteiger partial charge in [-0.25, -0.2) is 4.39 Å². The smallest absolute Gasteiger partial charge is 0.175 e. The molecule has 2 saturated carbocycles. The SMILES string of the molecule is NC(=NO)c1c(F)cccc1N(CC1CC1)C1CC1. The predicted octanol–water partition coefficient (Wildman–Crippen LogP) is 2.30. The van der Waals surface area contributed by atoms with Crippen LogP contribution in [0.1, 0.15) is 31.2 Å². The molecule has 2 aliphatic carbocycles. The Morgan fingerprint density at radius 2 is 2.11 bits per heavy atom. The lowest BCUT2D eigenvalue weighted by atomic mass is 10.1. The third-order valence-corrected chi connectivity index (χ3v) is 3.80. The van der Waals surface area contributed by atoms with E-state index in [1.54, 1.807) is 6.07 Å². The minimum Gasteiger partial charge on any atom is -0.409 e. The molecule has 0 aliphatic heterocycles. The van der Waals surface area contributed by atoms with E-state index >= 15 is 0 Å². The minimum absolute atomic E-state index is 0.158. The zero-order chi connectivity index (χ0) is 13.4. The average Bonchev–Trinajstić information content (AvgIpc) is 3.27. The fraction of sp³-hybridized carbons (Fsp3) is 0.500. The topological polar surface area (TPSA) is 61.9 Å². The lowest BCUT2D eigenvalue weighted by Crippen LogP contribution is -2.31. The highest BCUT2D eigenvalue weighted by molar-refractivity contribution is 6.02. The van der Waals surface area contributed by atoms with Crippen molar-refractivity contribution in [2.75, 3.05) is 11.4 Å². The van der Waals surface area contributed by atoms with Crippen molar-refractivity contribution in [3.8, 4) is 0 Å². The first-order chi connectivity index (χ1) is 9.20. The second-order valence-corrected chi connectivity index (χ2v) is 5.45. The van der Waals surface area contributed by atoms with E-state index in [0.717, 1.165) is 25.1 Å².